The highest BCUT2D eigenvalue weighted by Gasteiger charge is 2.06. The van der Waals surface area contributed by atoms with E-state index in [1.54, 1.807) is 6.07 Å². The van der Waals surface area contributed by atoms with E-state index in [-0.39, 0.29) is 0 Å². The molecular weight excluding hydrogens is 200 g/mol. The van der Waals surface area contributed by atoms with Crippen LogP contribution >= 0.6 is 15.9 Å². The van der Waals surface area contributed by atoms with Gasteiger partial charge in [-0.3, -0.25) is 5.10 Å². The third-order valence-corrected chi connectivity index (χ3v) is 1.36. The van der Waals surface area contributed by atoms with Crippen molar-refractivity contribution >= 4 is 21.9 Å². The van der Waals surface area contributed by atoms with E-state index < -0.39 is 5.97 Å². The van der Waals surface area contributed by atoms with Gasteiger partial charge in [0.2, 0.25) is 0 Å². The molecule has 10 heavy (non-hydrogen) atoms. The van der Waals surface area contributed by atoms with Crippen molar-refractivity contribution in [1.82, 2.24) is 10.2 Å². The molecule has 0 radical (unpaired) electrons. The molecule has 0 aliphatic heterocycles. The molecule has 1 heterocycles. The Labute approximate surface area is 65.7 Å². The molecule has 4 nitrogen and oxygen atoms in total. The molecule has 1 aromatic heterocycles. The van der Waals surface area contributed by atoms with Crippen LogP contribution in [0.4, 0.5) is 0 Å². The molecule has 0 aromatic carbocycles. The standard InChI is InChI=1S/C5H5BrN2O2/c1-10-5(9)3-2-4(6)8-7-3/h2H,1H3,(H,7,8). The van der Waals surface area contributed by atoms with Gasteiger partial charge in [0, 0.05) is 6.07 Å². The van der Waals surface area contributed by atoms with Crippen molar-refractivity contribution < 1.29 is 9.53 Å². The number of aromatic nitrogens is 2. The highest BCUT2D eigenvalue weighted by atomic mass is 79.9. The molecular formula is C5H5BrN2O2. The monoisotopic (exact) mass is 204 g/mol. The minimum Gasteiger partial charge on any atom is -0.464 e. The lowest BCUT2D eigenvalue weighted by Crippen LogP contribution is -2.00. The number of nitrogens with one attached hydrogen (secondary N) is 1. The number of hydrogen-bond acceptors (Lipinski definition) is 3. The number of hydrogen-bond donors (Lipinski definition) is 1. The smallest absolute Gasteiger partial charge is 0.356 e. The fourth-order valence-electron chi connectivity index (χ4n) is 0.512. The summed E-state index contributed by atoms with van der Waals surface area (Å²) in [7, 11) is 1.32. The second kappa shape index (κ2) is 2.83. The zero-order valence-electron chi connectivity index (χ0n) is 5.22. The Balaban J connectivity index is 2.85. The molecule has 1 rings (SSSR count). The number of esters is 1. The number of carbonyl (C=O) groups excluding carboxylic acids is 1. The van der Waals surface area contributed by atoms with E-state index >= 15 is 0 Å². The summed E-state index contributed by atoms with van der Waals surface area (Å²) in [6.45, 7) is 0. The molecule has 0 atom stereocenters. The molecule has 0 amide bonds. The molecule has 0 saturated heterocycles. The molecule has 0 saturated carbocycles. The largest absolute Gasteiger partial charge is 0.464 e. The first-order valence-electron chi connectivity index (χ1n) is 2.53. The Hall–Kier alpha value is -0.840. The molecule has 5 heteroatoms. The van der Waals surface area contributed by atoms with E-state index in [1.807, 2.05) is 0 Å². The first-order valence-corrected chi connectivity index (χ1v) is 3.32. The molecule has 1 N–H and O–H groups in total. The molecule has 1 aromatic rings. The molecule has 0 bridgehead atoms. The first-order chi connectivity index (χ1) is 4.74. The summed E-state index contributed by atoms with van der Waals surface area (Å²) in [5.41, 5.74) is 0.342. The summed E-state index contributed by atoms with van der Waals surface area (Å²) in [5, 5.41) is 6.16. The predicted molar refractivity (Wildman–Crippen MR) is 37.6 cm³/mol. The van der Waals surface area contributed by atoms with Gasteiger partial charge in [0.15, 0.2) is 0 Å². The van der Waals surface area contributed by atoms with Crippen molar-refractivity contribution in [3.8, 4) is 0 Å². The Morgan fingerprint density at radius 1 is 1.90 bits per heavy atom. The van der Waals surface area contributed by atoms with Crippen molar-refractivity contribution in [3.63, 3.8) is 0 Å². The van der Waals surface area contributed by atoms with Gasteiger partial charge in [-0.25, -0.2) is 4.79 Å². The highest BCUT2D eigenvalue weighted by molar-refractivity contribution is 9.10. The van der Waals surface area contributed by atoms with E-state index in [2.05, 4.69) is 30.9 Å². The van der Waals surface area contributed by atoms with E-state index in [0.717, 1.165) is 0 Å². The number of H-pyrrole nitrogens is 1. The van der Waals surface area contributed by atoms with Crippen LogP contribution in [0.3, 0.4) is 0 Å². The lowest BCUT2D eigenvalue weighted by Gasteiger charge is -1.90. The zero-order valence-corrected chi connectivity index (χ0v) is 6.81. The van der Waals surface area contributed by atoms with Crippen LogP contribution in [0.15, 0.2) is 10.7 Å². The van der Waals surface area contributed by atoms with E-state index in [9.17, 15) is 4.79 Å². The van der Waals surface area contributed by atoms with Crippen molar-refractivity contribution in [2.24, 2.45) is 0 Å². The predicted octanol–water partition coefficient (Wildman–Crippen LogP) is 0.959. The summed E-state index contributed by atoms with van der Waals surface area (Å²) in [6, 6.07) is 1.55. The van der Waals surface area contributed by atoms with Gasteiger partial charge in [-0.2, -0.15) is 5.10 Å². The van der Waals surface area contributed by atoms with Crippen LogP contribution in [0.2, 0.25) is 0 Å². The van der Waals surface area contributed by atoms with Crippen LogP contribution in [0.1, 0.15) is 10.5 Å². The number of aromatic amines is 1. The Morgan fingerprint density at radius 3 is 3.00 bits per heavy atom. The van der Waals surface area contributed by atoms with Gasteiger partial charge in [-0.15, -0.1) is 0 Å². The summed E-state index contributed by atoms with van der Waals surface area (Å²) >= 11 is 3.08. The molecule has 54 valence electrons. The molecule has 0 aliphatic carbocycles. The van der Waals surface area contributed by atoms with E-state index in [0.29, 0.717) is 10.3 Å². The van der Waals surface area contributed by atoms with Crippen LogP contribution in [0.25, 0.3) is 0 Å². The Morgan fingerprint density at radius 2 is 2.60 bits per heavy atom. The van der Waals surface area contributed by atoms with Crippen LogP contribution in [0.5, 0.6) is 0 Å². The second-order valence-electron chi connectivity index (χ2n) is 1.60. The zero-order chi connectivity index (χ0) is 7.56. The number of ether oxygens (including phenoxy) is 1. The van der Waals surface area contributed by atoms with Gasteiger partial charge in [-0.1, -0.05) is 0 Å². The third kappa shape index (κ3) is 1.36. The summed E-state index contributed by atoms with van der Waals surface area (Å²) in [6.07, 6.45) is 0. The Bertz CT molecular complexity index is 246. The summed E-state index contributed by atoms with van der Waals surface area (Å²) in [5.74, 6) is -0.418. The molecule has 0 aliphatic rings. The fraction of sp³-hybridized carbons (Fsp3) is 0.200. The summed E-state index contributed by atoms with van der Waals surface area (Å²) < 4.78 is 5.01. The summed E-state index contributed by atoms with van der Waals surface area (Å²) in [4.78, 5) is 10.7. The fourth-order valence-corrected chi connectivity index (χ4v) is 0.829. The van der Waals surface area contributed by atoms with Gasteiger partial charge in [-0.05, 0) is 15.9 Å². The van der Waals surface area contributed by atoms with Crippen molar-refractivity contribution in [1.29, 1.82) is 0 Å². The van der Waals surface area contributed by atoms with E-state index in [1.165, 1.54) is 7.11 Å². The SMILES string of the molecule is COC(=O)c1cc(Br)n[nH]1. The van der Waals surface area contributed by atoms with Crippen molar-refractivity contribution in [2.75, 3.05) is 7.11 Å². The third-order valence-electron chi connectivity index (χ3n) is 0.952. The highest BCUT2D eigenvalue weighted by Crippen LogP contribution is 2.06. The average Bonchev–Trinajstić information content (AvgIpc) is 2.34. The number of carbonyl (C=O) groups is 1. The van der Waals surface area contributed by atoms with Crippen LogP contribution in [0, 0.1) is 0 Å². The topological polar surface area (TPSA) is 55.0 Å². The number of rotatable bonds is 1. The van der Waals surface area contributed by atoms with Crippen molar-refractivity contribution in [3.05, 3.63) is 16.4 Å². The maximum Gasteiger partial charge on any atom is 0.356 e. The number of methoxy groups -OCH3 is 1. The molecule has 0 unspecified atom stereocenters. The Kier molecular flexibility index (Phi) is 2.06. The lowest BCUT2D eigenvalue weighted by molar-refractivity contribution is 0.0594. The quantitative estimate of drug-likeness (QED) is 0.694. The van der Waals surface area contributed by atoms with Gasteiger partial charge >= 0.3 is 5.97 Å². The molecule has 0 spiro atoms. The van der Waals surface area contributed by atoms with Crippen LogP contribution < -0.4 is 0 Å². The average molecular weight is 205 g/mol. The van der Waals surface area contributed by atoms with Gasteiger partial charge < -0.3 is 4.74 Å². The van der Waals surface area contributed by atoms with Crippen LogP contribution in [-0.2, 0) is 4.74 Å². The normalized spacial score (nSPS) is 9.40. The van der Waals surface area contributed by atoms with Gasteiger partial charge in [0.05, 0.1) is 7.11 Å². The first kappa shape index (κ1) is 7.27. The van der Waals surface area contributed by atoms with Gasteiger partial charge in [0.25, 0.3) is 0 Å². The van der Waals surface area contributed by atoms with Crippen LogP contribution in [-0.4, -0.2) is 23.3 Å². The maximum atomic E-state index is 10.7. The number of nitrogens with zero attached hydrogens (tertiary/aromatic N) is 1. The second-order valence-corrected chi connectivity index (χ2v) is 2.41. The minimum absolute atomic E-state index is 0.342. The maximum absolute atomic E-state index is 10.7. The molecule has 0 fully saturated rings. The lowest BCUT2D eigenvalue weighted by atomic mass is 10.4. The van der Waals surface area contributed by atoms with Crippen molar-refractivity contribution in [2.45, 2.75) is 0 Å². The van der Waals surface area contributed by atoms with Gasteiger partial charge in [0.1, 0.15) is 10.3 Å². The van der Waals surface area contributed by atoms with E-state index in [4.69, 9.17) is 0 Å². The number of halogens is 1. The minimum atomic E-state index is -0.418.